The maximum Gasteiger partial charge on any atom is 0.244 e. The lowest BCUT2D eigenvalue weighted by molar-refractivity contribution is -0.129. The molecular weight excluding hydrogens is 434 g/mol. The summed E-state index contributed by atoms with van der Waals surface area (Å²) in [7, 11) is -1.85. The minimum Gasteiger partial charge on any atom is -0.339 e. The lowest BCUT2D eigenvalue weighted by Crippen LogP contribution is -2.51. The van der Waals surface area contributed by atoms with Crippen LogP contribution in [0.4, 0.5) is 0 Å². The quantitative estimate of drug-likeness (QED) is 0.546. The highest BCUT2D eigenvalue weighted by atomic mass is 32.2. The molecule has 1 aliphatic heterocycles. The van der Waals surface area contributed by atoms with Crippen LogP contribution in [0, 0.1) is 11.3 Å². The van der Waals surface area contributed by atoms with Gasteiger partial charge in [0.25, 0.3) is 0 Å². The van der Waals surface area contributed by atoms with E-state index in [1.165, 1.54) is 28.2 Å². The van der Waals surface area contributed by atoms with E-state index < -0.39 is 10.0 Å². The van der Waals surface area contributed by atoms with Crippen molar-refractivity contribution in [3.05, 3.63) is 54.1 Å². The zero-order valence-electron chi connectivity index (χ0n) is 16.9. The molecule has 0 aliphatic carbocycles. The first kappa shape index (κ1) is 21.4. The van der Waals surface area contributed by atoms with Crippen molar-refractivity contribution in [2.75, 3.05) is 31.9 Å². The number of imidazole rings is 1. The van der Waals surface area contributed by atoms with Crippen LogP contribution in [0.25, 0.3) is 11.0 Å². The molecule has 0 saturated carbocycles. The number of fused-ring (bicyclic) bond motifs is 1. The molecule has 0 radical (unpaired) electrons. The average molecular weight is 456 g/mol. The Morgan fingerprint density at radius 2 is 1.77 bits per heavy atom. The molecule has 0 spiro atoms. The van der Waals surface area contributed by atoms with E-state index in [4.69, 9.17) is 0 Å². The van der Waals surface area contributed by atoms with Gasteiger partial charge in [0.1, 0.15) is 6.07 Å². The van der Waals surface area contributed by atoms with Gasteiger partial charge in [-0.05, 0) is 24.3 Å². The summed E-state index contributed by atoms with van der Waals surface area (Å²) in [5.74, 6) is 0.188. The Morgan fingerprint density at radius 3 is 2.48 bits per heavy atom. The molecule has 31 heavy (non-hydrogen) atoms. The highest BCUT2D eigenvalue weighted by Crippen LogP contribution is 2.24. The Kier molecular flexibility index (Phi) is 6.00. The van der Waals surface area contributed by atoms with Crippen LogP contribution in [-0.2, 0) is 21.9 Å². The lowest BCUT2D eigenvalue weighted by atomic mass is 10.2. The van der Waals surface area contributed by atoms with Crippen molar-refractivity contribution in [2.24, 2.45) is 7.05 Å². The zero-order valence-corrected chi connectivity index (χ0v) is 18.6. The maximum atomic E-state index is 12.9. The SMILES string of the molecule is Cn1c(SCC(=O)N2CCN(S(=O)(=O)c3ccccc3C#N)CC2)nc2ccccc21. The number of aryl methyl sites for hydroxylation is 1. The van der Waals surface area contributed by atoms with Crippen LogP contribution in [0.5, 0.6) is 0 Å². The molecule has 1 aromatic heterocycles. The van der Waals surface area contributed by atoms with Crippen LogP contribution in [0.1, 0.15) is 5.56 Å². The Hall–Kier alpha value is -2.87. The Labute approximate surface area is 185 Å². The van der Waals surface area contributed by atoms with Gasteiger partial charge in [-0.2, -0.15) is 9.57 Å². The standard InChI is InChI=1S/C21H21N5O3S2/c1-24-18-8-4-3-7-17(18)23-21(24)30-15-20(27)25-10-12-26(13-11-25)31(28,29)19-9-5-2-6-16(19)14-22/h2-9H,10-13,15H2,1H3. The van der Waals surface area contributed by atoms with E-state index in [1.54, 1.807) is 17.0 Å². The minimum absolute atomic E-state index is 0.00896. The monoisotopic (exact) mass is 455 g/mol. The van der Waals surface area contributed by atoms with Gasteiger partial charge in [-0.3, -0.25) is 4.79 Å². The Morgan fingerprint density at radius 1 is 1.10 bits per heavy atom. The lowest BCUT2D eigenvalue weighted by Gasteiger charge is -2.34. The fraction of sp³-hybridized carbons (Fsp3) is 0.286. The molecule has 2 aromatic carbocycles. The van der Waals surface area contributed by atoms with Crippen LogP contribution in [0.15, 0.2) is 58.6 Å². The largest absolute Gasteiger partial charge is 0.339 e. The number of rotatable bonds is 5. The molecule has 3 aromatic rings. The fourth-order valence-corrected chi connectivity index (χ4v) is 6.03. The number of carbonyl (C=O) groups is 1. The van der Waals surface area contributed by atoms with Crippen LogP contribution < -0.4 is 0 Å². The molecule has 0 unspecified atom stereocenters. The number of hydrogen-bond donors (Lipinski definition) is 0. The smallest absolute Gasteiger partial charge is 0.244 e. The number of nitriles is 1. The van der Waals surface area contributed by atoms with E-state index in [-0.39, 0.29) is 35.2 Å². The first-order valence-corrected chi connectivity index (χ1v) is 12.2. The summed E-state index contributed by atoms with van der Waals surface area (Å²) in [4.78, 5) is 18.9. The molecule has 1 saturated heterocycles. The Bertz CT molecular complexity index is 1270. The van der Waals surface area contributed by atoms with Crippen molar-refractivity contribution < 1.29 is 13.2 Å². The van der Waals surface area contributed by atoms with Crippen molar-refractivity contribution >= 4 is 38.7 Å². The number of para-hydroxylation sites is 2. The molecule has 2 heterocycles. The minimum atomic E-state index is -3.78. The number of piperazine rings is 1. The van der Waals surface area contributed by atoms with Gasteiger partial charge in [-0.15, -0.1) is 0 Å². The molecule has 10 heteroatoms. The number of carbonyl (C=O) groups excluding carboxylic acids is 1. The van der Waals surface area contributed by atoms with Crippen molar-refractivity contribution in [3.8, 4) is 6.07 Å². The highest BCUT2D eigenvalue weighted by molar-refractivity contribution is 7.99. The second-order valence-electron chi connectivity index (χ2n) is 7.12. The van der Waals surface area contributed by atoms with Crippen LogP contribution in [-0.4, -0.2) is 65.0 Å². The molecule has 0 atom stereocenters. The van der Waals surface area contributed by atoms with Gasteiger partial charge in [0.15, 0.2) is 5.16 Å². The summed E-state index contributed by atoms with van der Waals surface area (Å²) in [6, 6.07) is 15.9. The first-order chi connectivity index (χ1) is 14.9. The Balaban J connectivity index is 1.37. The summed E-state index contributed by atoms with van der Waals surface area (Å²) in [6.07, 6.45) is 0. The molecular formula is C21H21N5O3S2. The number of amides is 1. The van der Waals surface area contributed by atoms with Gasteiger partial charge in [0.2, 0.25) is 15.9 Å². The maximum absolute atomic E-state index is 12.9. The highest BCUT2D eigenvalue weighted by Gasteiger charge is 2.31. The van der Waals surface area contributed by atoms with E-state index >= 15 is 0 Å². The molecule has 4 rings (SSSR count). The molecule has 8 nitrogen and oxygen atoms in total. The van der Waals surface area contributed by atoms with Crippen molar-refractivity contribution in [1.29, 1.82) is 5.26 Å². The number of nitrogens with zero attached hydrogens (tertiary/aromatic N) is 5. The predicted octanol–water partition coefficient (Wildman–Crippen LogP) is 2.07. The number of benzene rings is 2. The number of thioether (sulfide) groups is 1. The van der Waals surface area contributed by atoms with Gasteiger partial charge in [-0.1, -0.05) is 36.0 Å². The number of aromatic nitrogens is 2. The molecule has 0 bridgehead atoms. The van der Waals surface area contributed by atoms with E-state index in [1.807, 2.05) is 41.9 Å². The van der Waals surface area contributed by atoms with Crippen LogP contribution in [0.3, 0.4) is 0 Å². The first-order valence-electron chi connectivity index (χ1n) is 9.73. The van der Waals surface area contributed by atoms with Crippen molar-refractivity contribution in [3.63, 3.8) is 0 Å². The van der Waals surface area contributed by atoms with Crippen LogP contribution in [0.2, 0.25) is 0 Å². The summed E-state index contributed by atoms with van der Waals surface area (Å²) in [6.45, 7) is 1.03. The summed E-state index contributed by atoms with van der Waals surface area (Å²) < 4.78 is 29.2. The normalized spacial score (nSPS) is 15.2. The second kappa shape index (κ2) is 8.70. The van der Waals surface area contributed by atoms with Gasteiger partial charge in [-0.25, -0.2) is 13.4 Å². The van der Waals surface area contributed by atoms with Crippen molar-refractivity contribution in [1.82, 2.24) is 18.8 Å². The summed E-state index contributed by atoms with van der Waals surface area (Å²) >= 11 is 1.38. The van der Waals surface area contributed by atoms with Gasteiger partial charge in [0.05, 0.1) is 27.2 Å². The van der Waals surface area contributed by atoms with Crippen LogP contribution >= 0.6 is 11.8 Å². The molecule has 160 valence electrons. The molecule has 1 aliphatic rings. The summed E-state index contributed by atoms with van der Waals surface area (Å²) in [5, 5.41) is 9.99. The fourth-order valence-electron chi connectivity index (χ4n) is 3.57. The number of sulfonamides is 1. The zero-order chi connectivity index (χ0) is 22.0. The van der Waals surface area contributed by atoms with E-state index in [2.05, 4.69) is 4.98 Å². The molecule has 1 fully saturated rings. The molecule has 0 N–H and O–H groups in total. The second-order valence-corrected chi connectivity index (χ2v) is 9.97. The number of hydrogen-bond acceptors (Lipinski definition) is 6. The van der Waals surface area contributed by atoms with Gasteiger partial charge in [0, 0.05) is 33.2 Å². The molecule has 1 amide bonds. The average Bonchev–Trinajstić information content (AvgIpc) is 3.13. The van der Waals surface area contributed by atoms with E-state index in [0.29, 0.717) is 13.1 Å². The predicted molar refractivity (Wildman–Crippen MR) is 118 cm³/mol. The van der Waals surface area contributed by atoms with E-state index in [9.17, 15) is 18.5 Å². The third-order valence-electron chi connectivity index (χ3n) is 5.29. The third kappa shape index (κ3) is 4.17. The third-order valence-corrected chi connectivity index (χ3v) is 8.26. The van der Waals surface area contributed by atoms with Gasteiger partial charge >= 0.3 is 0 Å². The van der Waals surface area contributed by atoms with E-state index in [0.717, 1.165) is 16.2 Å². The van der Waals surface area contributed by atoms with Gasteiger partial charge < -0.3 is 9.47 Å². The summed E-state index contributed by atoms with van der Waals surface area (Å²) in [5.41, 5.74) is 2.02. The van der Waals surface area contributed by atoms with Crippen molar-refractivity contribution in [2.45, 2.75) is 10.1 Å². The topological polar surface area (TPSA) is 99.3 Å².